The predicted molar refractivity (Wildman–Crippen MR) is 77.3 cm³/mol. The summed E-state index contributed by atoms with van der Waals surface area (Å²) < 4.78 is 10.7. The van der Waals surface area contributed by atoms with Gasteiger partial charge in [-0.1, -0.05) is 11.6 Å². The molecule has 0 heterocycles. The quantitative estimate of drug-likeness (QED) is 0.865. The number of methoxy groups -OCH3 is 1. The van der Waals surface area contributed by atoms with Gasteiger partial charge in [0.05, 0.1) is 24.8 Å². The number of amides is 1. The van der Waals surface area contributed by atoms with Crippen molar-refractivity contribution in [1.82, 2.24) is 5.32 Å². The van der Waals surface area contributed by atoms with Gasteiger partial charge in [-0.2, -0.15) is 0 Å². The molecule has 0 aliphatic heterocycles. The highest BCUT2D eigenvalue weighted by Crippen LogP contribution is 2.26. The summed E-state index contributed by atoms with van der Waals surface area (Å²) in [5.41, 5.74) is 6.32. The Labute approximate surface area is 123 Å². The number of ether oxygens (including phenoxy) is 2. The number of halogens is 1. The summed E-state index contributed by atoms with van der Waals surface area (Å²) in [4.78, 5) is 12.3. The molecule has 0 saturated heterocycles. The maximum absolute atomic E-state index is 12.3. The van der Waals surface area contributed by atoms with Gasteiger partial charge < -0.3 is 20.5 Å². The van der Waals surface area contributed by atoms with Crippen LogP contribution < -0.4 is 15.8 Å². The Morgan fingerprint density at radius 3 is 2.90 bits per heavy atom. The highest BCUT2D eigenvalue weighted by atomic mass is 35.5. The van der Waals surface area contributed by atoms with Crippen LogP contribution in [0.5, 0.6) is 5.75 Å². The normalized spacial score (nSPS) is 24.9. The summed E-state index contributed by atoms with van der Waals surface area (Å²) in [6.07, 6.45) is 0.731. The number of carbonyl (C=O) groups is 1. The van der Waals surface area contributed by atoms with Crippen LogP contribution in [0.25, 0.3) is 0 Å². The number of benzene rings is 1. The molecular formula is C14H19ClN2O3. The van der Waals surface area contributed by atoms with Gasteiger partial charge in [-0.25, -0.2) is 0 Å². The molecule has 2 rings (SSSR count). The van der Waals surface area contributed by atoms with E-state index in [4.69, 9.17) is 26.8 Å². The first-order valence-corrected chi connectivity index (χ1v) is 6.96. The van der Waals surface area contributed by atoms with E-state index in [2.05, 4.69) is 5.32 Å². The third kappa shape index (κ3) is 3.06. The van der Waals surface area contributed by atoms with E-state index in [0.29, 0.717) is 22.9 Å². The van der Waals surface area contributed by atoms with Crippen LogP contribution in [0.4, 0.5) is 0 Å². The zero-order chi connectivity index (χ0) is 14.7. The fraction of sp³-hybridized carbons (Fsp3) is 0.500. The van der Waals surface area contributed by atoms with Crippen molar-refractivity contribution in [3.05, 3.63) is 28.8 Å². The van der Waals surface area contributed by atoms with E-state index in [1.54, 1.807) is 18.2 Å². The van der Waals surface area contributed by atoms with Gasteiger partial charge in [0.25, 0.3) is 5.91 Å². The summed E-state index contributed by atoms with van der Waals surface area (Å²) in [6.45, 7) is 2.52. The van der Waals surface area contributed by atoms with Crippen LogP contribution in [0.2, 0.25) is 5.02 Å². The minimum Gasteiger partial charge on any atom is -0.496 e. The number of hydrogen-bond donors (Lipinski definition) is 2. The molecule has 1 aliphatic carbocycles. The van der Waals surface area contributed by atoms with Gasteiger partial charge in [-0.05, 0) is 31.5 Å². The van der Waals surface area contributed by atoms with Gasteiger partial charge in [-0.15, -0.1) is 0 Å². The Bertz CT molecular complexity index is 493. The van der Waals surface area contributed by atoms with Crippen molar-refractivity contribution in [3.63, 3.8) is 0 Å². The topological polar surface area (TPSA) is 73.6 Å². The summed E-state index contributed by atoms with van der Waals surface area (Å²) in [6, 6.07) is 4.66. The molecule has 1 aromatic rings. The van der Waals surface area contributed by atoms with Crippen molar-refractivity contribution in [1.29, 1.82) is 0 Å². The third-order valence-electron chi connectivity index (χ3n) is 3.45. The molecule has 6 heteroatoms. The molecule has 3 unspecified atom stereocenters. The molecule has 0 bridgehead atoms. The lowest BCUT2D eigenvalue weighted by Crippen LogP contribution is -2.64. The van der Waals surface area contributed by atoms with Gasteiger partial charge in [0, 0.05) is 17.7 Å². The molecule has 5 nitrogen and oxygen atoms in total. The average Bonchev–Trinajstić information content (AvgIpc) is 2.44. The minimum atomic E-state index is -0.255. The number of hydrogen-bond acceptors (Lipinski definition) is 4. The number of nitrogens with one attached hydrogen (secondary N) is 1. The Balaban J connectivity index is 2.10. The van der Waals surface area contributed by atoms with Gasteiger partial charge in [0.1, 0.15) is 5.75 Å². The summed E-state index contributed by atoms with van der Waals surface area (Å²) in [7, 11) is 1.51. The van der Waals surface area contributed by atoms with Crippen LogP contribution in [-0.2, 0) is 4.74 Å². The average molecular weight is 299 g/mol. The lowest BCUT2D eigenvalue weighted by atomic mass is 9.83. The van der Waals surface area contributed by atoms with Gasteiger partial charge >= 0.3 is 0 Å². The first kappa shape index (κ1) is 15.1. The van der Waals surface area contributed by atoms with E-state index in [1.165, 1.54) is 7.11 Å². The summed E-state index contributed by atoms with van der Waals surface area (Å²) >= 11 is 5.92. The molecule has 3 N–H and O–H groups in total. The molecule has 1 fully saturated rings. The van der Waals surface area contributed by atoms with Crippen LogP contribution in [0.1, 0.15) is 23.7 Å². The lowest BCUT2D eigenvalue weighted by molar-refractivity contribution is -0.0300. The molecule has 1 aromatic carbocycles. The number of rotatable bonds is 5. The lowest BCUT2D eigenvalue weighted by Gasteiger charge is -2.42. The molecular weight excluding hydrogens is 280 g/mol. The zero-order valence-electron chi connectivity index (χ0n) is 11.6. The Kier molecular flexibility index (Phi) is 4.86. The zero-order valence-corrected chi connectivity index (χ0v) is 12.3. The van der Waals surface area contributed by atoms with E-state index < -0.39 is 0 Å². The van der Waals surface area contributed by atoms with E-state index in [-0.39, 0.29) is 24.1 Å². The second kappa shape index (κ2) is 6.43. The van der Waals surface area contributed by atoms with Gasteiger partial charge in [0.2, 0.25) is 0 Å². The standard InChI is InChI=1S/C14H19ClN2O3/c1-3-20-12-7-10(16)13(12)17-14(18)9-6-8(15)4-5-11(9)19-2/h4-6,10,12-13H,3,7,16H2,1-2H3,(H,17,18). The Morgan fingerprint density at radius 2 is 2.30 bits per heavy atom. The number of nitrogens with two attached hydrogens (primary N) is 1. The van der Waals surface area contributed by atoms with Crippen molar-refractivity contribution < 1.29 is 14.3 Å². The maximum Gasteiger partial charge on any atom is 0.255 e. The first-order chi connectivity index (χ1) is 9.56. The predicted octanol–water partition coefficient (Wildman–Crippen LogP) is 1.58. The smallest absolute Gasteiger partial charge is 0.255 e. The minimum absolute atomic E-state index is 0.0240. The van der Waals surface area contributed by atoms with Crippen LogP contribution >= 0.6 is 11.6 Å². The van der Waals surface area contributed by atoms with E-state index in [0.717, 1.165) is 6.42 Å². The molecule has 0 radical (unpaired) electrons. The summed E-state index contributed by atoms with van der Waals surface area (Å²) in [5.74, 6) is 0.224. The van der Waals surface area contributed by atoms with Gasteiger partial charge in [0.15, 0.2) is 0 Å². The highest BCUT2D eigenvalue weighted by molar-refractivity contribution is 6.31. The second-order valence-corrected chi connectivity index (χ2v) is 5.17. The van der Waals surface area contributed by atoms with Crippen molar-refractivity contribution in [2.45, 2.75) is 31.5 Å². The molecule has 110 valence electrons. The van der Waals surface area contributed by atoms with Gasteiger partial charge in [-0.3, -0.25) is 4.79 Å². The monoisotopic (exact) mass is 298 g/mol. The van der Waals surface area contributed by atoms with Crippen LogP contribution in [-0.4, -0.2) is 37.8 Å². The molecule has 3 atom stereocenters. The van der Waals surface area contributed by atoms with Crippen LogP contribution in [0.3, 0.4) is 0 Å². The Morgan fingerprint density at radius 1 is 1.55 bits per heavy atom. The molecule has 1 amide bonds. The fourth-order valence-electron chi connectivity index (χ4n) is 2.31. The molecule has 0 spiro atoms. The molecule has 1 saturated carbocycles. The van der Waals surface area contributed by atoms with E-state index >= 15 is 0 Å². The van der Waals surface area contributed by atoms with Crippen molar-refractivity contribution in [3.8, 4) is 5.75 Å². The van der Waals surface area contributed by atoms with Crippen LogP contribution in [0, 0.1) is 0 Å². The largest absolute Gasteiger partial charge is 0.496 e. The third-order valence-corrected chi connectivity index (χ3v) is 3.69. The Hall–Kier alpha value is -1.30. The number of carbonyl (C=O) groups excluding carboxylic acids is 1. The second-order valence-electron chi connectivity index (χ2n) is 4.74. The SMILES string of the molecule is CCOC1CC(N)C1NC(=O)c1cc(Cl)ccc1OC. The molecule has 1 aliphatic rings. The van der Waals surface area contributed by atoms with E-state index in [9.17, 15) is 4.79 Å². The molecule has 20 heavy (non-hydrogen) atoms. The van der Waals surface area contributed by atoms with E-state index in [1.807, 2.05) is 6.92 Å². The van der Waals surface area contributed by atoms with Crippen molar-refractivity contribution >= 4 is 17.5 Å². The van der Waals surface area contributed by atoms with Crippen molar-refractivity contribution in [2.24, 2.45) is 5.73 Å². The fourth-order valence-corrected chi connectivity index (χ4v) is 2.49. The first-order valence-electron chi connectivity index (χ1n) is 6.58. The highest BCUT2D eigenvalue weighted by Gasteiger charge is 2.40. The van der Waals surface area contributed by atoms with Crippen LogP contribution in [0.15, 0.2) is 18.2 Å². The maximum atomic E-state index is 12.3. The molecule has 0 aromatic heterocycles. The van der Waals surface area contributed by atoms with Crippen molar-refractivity contribution in [2.75, 3.05) is 13.7 Å². The summed E-state index contributed by atoms with van der Waals surface area (Å²) in [5, 5.41) is 3.37.